The summed E-state index contributed by atoms with van der Waals surface area (Å²) >= 11 is 0. The molecule has 2 rings (SSSR count). The van der Waals surface area contributed by atoms with E-state index in [4.69, 9.17) is 4.74 Å². The van der Waals surface area contributed by atoms with Gasteiger partial charge in [0.15, 0.2) is 9.84 Å². The molecule has 0 bridgehead atoms. The second-order valence-corrected chi connectivity index (χ2v) is 6.13. The highest BCUT2D eigenvalue weighted by Crippen LogP contribution is 2.20. The van der Waals surface area contributed by atoms with Crippen LogP contribution in [0.1, 0.15) is 19.8 Å². The van der Waals surface area contributed by atoms with Crippen LogP contribution in [-0.2, 0) is 9.84 Å². The van der Waals surface area contributed by atoms with Gasteiger partial charge in [0.25, 0.3) is 0 Å². The van der Waals surface area contributed by atoms with Crippen molar-refractivity contribution in [3.63, 3.8) is 0 Å². The third-order valence-electron chi connectivity index (χ3n) is 2.63. The molecule has 0 heterocycles. The van der Waals surface area contributed by atoms with Crippen LogP contribution in [0.2, 0.25) is 0 Å². The van der Waals surface area contributed by atoms with Gasteiger partial charge in [-0.1, -0.05) is 0 Å². The van der Waals surface area contributed by atoms with Gasteiger partial charge in [0, 0.05) is 6.04 Å². The first kappa shape index (κ1) is 12.4. The maximum atomic E-state index is 11.9. The molecule has 1 aliphatic carbocycles. The van der Waals surface area contributed by atoms with E-state index < -0.39 is 9.84 Å². The second kappa shape index (κ2) is 5.06. The summed E-state index contributed by atoms with van der Waals surface area (Å²) in [7, 11) is -3.21. The number of sulfone groups is 1. The number of ether oxygens (including phenoxy) is 1. The maximum absolute atomic E-state index is 11.9. The summed E-state index contributed by atoms with van der Waals surface area (Å²) in [6, 6.07) is 6.96. The van der Waals surface area contributed by atoms with Crippen molar-refractivity contribution in [2.45, 2.75) is 30.7 Å². The molecule has 1 fully saturated rings. The van der Waals surface area contributed by atoms with E-state index in [0.29, 0.717) is 23.3 Å². The molecular formula is C12H17NO3S. The van der Waals surface area contributed by atoms with Gasteiger partial charge in [-0.05, 0) is 44.0 Å². The molecule has 0 aliphatic heterocycles. The topological polar surface area (TPSA) is 55.4 Å². The number of hydrogen-bond acceptors (Lipinski definition) is 4. The zero-order valence-electron chi connectivity index (χ0n) is 9.85. The summed E-state index contributed by atoms with van der Waals surface area (Å²) in [5, 5.41) is 3.02. The highest BCUT2D eigenvalue weighted by Gasteiger charge is 2.23. The van der Waals surface area contributed by atoms with E-state index in [1.165, 1.54) is 0 Å². The Morgan fingerprint density at radius 1 is 1.29 bits per heavy atom. The van der Waals surface area contributed by atoms with Crippen LogP contribution in [0, 0.1) is 0 Å². The molecule has 17 heavy (non-hydrogen) atoms. The number of hydrogen-bond donors (Lipinski definition) is 1. The Kier molecular flexibility index (Phi) is 3.69. The summed E-state index contributed by atoms with van der Waals surface area (Å²) in [5.74, 6) is 0.715. The van der Waals surface area contributed by atoms with Crippen LogP contribution in [0.15, 0.2) is 29.2 Å². The van der Waals surface area contributed by atoms with Gasteiger partial charge < -0.3 is 10.1 Å². The van der Waals surface area contributed by atoms with E-state index in [2.05, 4.69) is 5.32 Å². The van der Waals surface area contributed by atoms with Crippen LogP contribution in [0.5, 0.6) is 5.75 Å². The van der Waals surface area contributed by atoms with Crippen molar-refractivity contribution in [2.75, 3.05) is 12.5 Å². The number of nitrogens with one attached hydrogen (secondary N) is 1. The summed E-state index contributed by atoms with van der Waals surface area (Å²) in [6.45, 7) is 2.47. The van der Waals surface area contributed by atoms with E-state index in [0.717, 1.165) is 12.8 Å². The van der Waals surface area contributed by atoms with Crippen molar-refractivity contribution in [2.24, 2.45) is 0 Å². The standard InChI is InChI=1S/C12H17NO3S/c1-2-16-11-5-7-12(8-6-11)17(14,15)9-13-10-3-4-10/h5-8,10,13H,2-4,9H2,1H3. The summed E-state index contributed by atoms with van der Waals surface area (Å²) < 4.78 is 29.1. The van der Waals surface area contributed by atoms with E-state index >= 15 is 0 Å². The molecule has 1 N–H and O–H groups in total. The Hall–Kier alpha value is -1.07. The number of rotatable bonds is 6. The van der Waals surface area contributed by atoms with Gasteiger partial charge >= 0.3 is 0 Å². The molecule has 0 radical (unpaired) electrons. The molecule has 0 amide bonds. The van der Waals surface area contributed by atoms with Gasteiger partial charge in [0.1, 0.15) is 11.6 Å². The SMILES string of the molecule is CCOc1ccc(S(=O)(=O)CNC2CC2)cc1. The third-order valence-corrected chi connectivity index (χ3v) is 4.17. The van der Waals surface area contributed by atoms with E-state index in [1.54, 1.807) is 24.3 Å². The smallest absolute Gasteiger partial charge is 0.191 e. The van der Waals surface area contributed by atoms with Gasteiger partial charge in [0.2, 0.25) is 0 Å². The lowest BCUT2D eigenvalue weighted by Crippen LogP contribution is -2.25. The first-order valence-electron chi connectivity index (χ1n) is 5.81. The van der Waals surface area contributed by atoms with Crippen molar-refractivity contribution in [1.82, 2.24) is 5.32 Å². The third kappa shape index (κ3) is 3.44. The molecular weight excluding hydrogens is 238 g/mol. The lowest BCUT2D eigenvalue weighted by atomic mass is 10.3. The zero-order valence-corrected chi connectivity index (χ0v) is 10.7. The predicted molar refractivity (Wildman–Crippen MR) is 65.8 cm³/mol. The minimum atomic E-state index is -3.21. The van der Waals surface area contributed by atoms with Crippen LogP contribution in [0.25, 0.3) is 0 Å². The highest BCUT2D eigenvalue weighted by molar-refractivity contribution is 7.91. The second-order valence-electron chi connectivity index (χ2n) is 4.14. The molecule has 0 saturated heterocycles. The van der Waals surface area contributed by atoms with Crippen molar-refractivity contribution in [1.29, 1.82) is 0 Å². The van der Waals surface area contributed by atoms with Crippen molar-refractivity contribution in [3.05, 3.63) is 24.3 Å². The molecule has 1 aromatic rings. The minimum Gasteiger partial charge on any atom is -0.494 e. The van der Waals surface area contributed by atoms with Gasteiger partial charge in [-0.2, -0.15) is 0 Å². The molecule has 94 valence electrons. The fourth-order valence-corrected chi connectivity index (χ4v) is 2.68. The van der Waals surface area contributed by atoms with E-state index in [1.807, 2.05) is 6.92 Å². The summed E-state index contributed by atoms with van der Waals surface area (Å²) in [5.41, 5.74) is 0. The predicted octanol–water partition coefficient (Wildman–Crippen LogP) is 1.57. The fourth-order valence-electron chi connectivity index (χ4n) is 1.51. The van der Waals surface area contributed by atoms with Crippen LogP contribution in [0.4, 0.5) is 0 Å². The largest absolute Gasteiger partial charge is 0.494 e. The highest BCUT2D eigenvalue weighted by atomic mass is 32.2. The molecule has 1 aliphatic rings. The molecule has 0 spiro atoms. The summed E-state index contributed by atoms with van der Waals surface area (Å²) in [4.78, 5) is 0.342. The van der Waals surface area contributed by atoms with Crippen LogP contribution in [-0.4, -0.2) is 26.9 Å². The quantitative estimate of drug-likeness (QED) is 0.838. The Morgan fingerprint density at radius 3 is 2.47 bits per heavy atom. The monoisotopic (exact) mass is 255 g/mol. The van der Waals surface area contributed by atoms with Gasteiger partial charge in [-0.25, -0.2) is 8.42 Å². The minimum absolute atomic E-state index is 0.0195. The molecule has 1 saturated carbocycles. The normalized spacial score (nSPS) is 15.8. The molecule has 1 aromatic carbocycles. The lowest BCUT2D eigenvalue weighted by molar-refractivity contribution is 0.340. The first-order valence-corrected chi connectivity index (χ1v) is 7.46. The zero-order chi connectivity index (χ0) is 12.3. The van der Waals surface area contributed by atoms with E-state index in [-0.39, 0.29) is 5.88 Å². The average Bonchev–Trinajstić information content (AvgIpc) is 3.12. The van der Waals surface area contributed by atoms with Crippen molar-refractivity contribution >= 4 is 9.84 Å². The molecule has 0 unspecified atom stereocenters. The van der Waals surface area contributed by atoms with Crippen molar-refractivity contribution < 1.29 is 13.2 Å². The van der Waals surface area contributed by atoms with Crippen LogP contribution in [0.3, 0.4) is 0 Å². The van der Waals surface area contributed by atoms with Gasteiger partial charge in [-0.3, -0.25) is 0 Å². The van der Waals surface area contributed by atoms with Gasteiger partial charge in [-0.15, -0.1) is 0 Å². The Bertz CT molecular complexity index is 463. The average molecular weight is 255 g/mol. The maximum Gasteiger partial charge on any atom is 0.191 e. The number of benzene rings is 1. The fraction of sp³-hybridized carbons (Fsp3) is 0.500. The Morgan fingerprint density at radius 2 is 1.94 bits per heavy atom. The summed E-state index contributed by atoms with van der Waals surface area (Å²) in [6.07, 6.45) is 2.16. The van der Waals surface area contributed by atoms with Crippen LogP contribution < -0.4 is 10.1 Å². The molecule has 4 nitrogen and oxygen atoms in total. The molecule has 0 aromatic heterocycles. The molecule has 0 atom stereocenters. The molecule has 5 heteroatoms. The lowest BCUT2D eigenvalue weighted by Gasteiger charge is -2.07. The Balaban J connectivity index is 2.03. The first-order chi connectivity index (χ1) is 8.12. The van der Waals surface area contributed by atoms with E-state index in [9.17, 15) is 8.42 Å². The van der Waals surface area contributed by atoms with Crippen molar-refractivity contribution in [3.8, 4) is 5.75 Å². The van der Waals surface area contributed by atoms with Gasteiger partial charge in [0.05, 0.1) is 11.5 Å². The Labute approximate surface area is 102 Å². The van der Waals surface area contributed by atoms with Crippen LogP contribution >= 0.6 is 0 Å².